The number of fused-ring (bicyclic) bond motifs is 1. The van der Waals surface area contributed by atoms with Crippen LogP contribution in [0.25, 0.3) is 17.1 Å². The van der Waals surface area contributed by atoms with Gasteiger partial charge in [-0.3, -0.25) is 4.79 Å². The van der Waals surface area contributed by atoms with Crippen molar-refractivity contribution in [3.8, 4) is 17.1 Å². The number of benzene rings is 2. The third-order valence-corrected chi connectivity index (χ3v) is 5.18. The maximum atomic E-state index is 11.9. The Bertz CT molecular complexity index is 1240. The predicted molar refractivity (Wildman–Crippen MR) is 114 cm³/mol. The predicted octanol–water partition coefficient (Wildman–Crippen LogP) is 3.01. The molecule has 4 aromatic rings. The van der Waals surface area contributed by atoms with Gasteiger partial charge in [-0.2, -0.15) is 4.98 Å². The van der Waals surface area contributed by atoms with Crippen LogP contribution >= 0.6 is 0 Å². The average Bonchev–Trinajstić information content (AvgIpc) is 3.34. The molecular formula is C22H21N7O. The average molecular weight is 399 g/mol. The number of nitrogens with one attached hydrogen (secondary N) is 2. The molecule has 1 amide bonds. The van der Waals surface area contributed by atoms with Crippen LogP contribution in [0, 0.1) is 6.92 Å². The highest BCUT2D eigenvalue weighted by Crippen LogP contribution is 2.24. The molecular weight excluding hydrogens is 378 g/mol. The molecule has 0 radical (unpaired) electrons. The lowest BCUT2D eigenvalue weighted by Crippen LogP contribution is -2.31. The Morgan fingerprint density at radius 1 is 1.13 bits per heavy atom. The first-order valence-corrected chi connectivity index (χ1v) is 9.77. The van der Waals surface area contributed by atoms with E-state index in [1.807, 2.05) is 67.2 Å². The fourth-order valence-electron chi connectivity index (χ4n) is 3.60. The van der Waals surface area contributed by atoms with Crippen LogP contribution < -0.4 is 10.6 Å². The molecule has 0 bridgehead atoms. The lowest BCUT2D eigenvalue weighted by molar-refractivity contribution is 0.0946. The number of carbonyl (C=O) groups excluding carboxylic acids is 1. The molecule has 5 rings (SSSR count). The van der Waals surface area contributed by atoms with Crippen molar-refractivity contribution in [2.45, 2.75) is 13.3 Å². The molecule has 0 atom stereocenters. The van der Waals surface area contributed by atoms with Crippen LogP contribution in [0.2, 0.25) is 0 Å². The van der Waals surface area contributed by atoms with Gasteiger partial charge >= 0.3 is 0 Å². The van der Waals surface area contributed by atoms with Crippen LogP contribution in [0.3, 0.4) is 0 Å². The lowest BCUT2D eigenvalue weighted by Gasteiger charge is -2.17. The second-order valence-electron chi connectivity index (χ2n) is 7.35. The smallest absolute Gasteiger partial charge is 0.251 e. The Morgan fingerprint density at radius 2 is 1.97 bits per heavy atom. The highest BCUT2D eigenvalue weighted by molar-refractivity contribution is 5.97. The van der Waals surface area contributed by atoms with Crippen molar-refractivity contribution in [1.29, 1.82) is 0 Å². The summed E-state index contributed by atoms with van der Waals surface area (Å²) in [5.41, 5.74) is 5.60. The van der Waals surface area contributed by atoms with Crippen molar-refractivity contribution in [3.05, 3.63) is 71.8 Å². The van der Waals surface area contributed by atoms with E-state index < -0.39 is 0 Å². The van der Waals surface area contributed by atoms with Crippen molar-refractivity contribution in [2.24, 2.45) is 7.05 Å². The van der Waals surface area contributed by atoms with Gasteiger partial charge in [-0.1, -0.05) is 0 Å². The van der Waals surface area contributed by atoms with E-state index in [1.165, 1.54) is 0 Å². The van der Waals surface area contributed by atoms with Crippen LogP contribution in [0.4, 0.5) is 11.6 Å². The van der Waals surface area contributed by atoms with Gasteiger partial charge in [-0.05, 0) is 61.4 Å². The Balaban J connectivity index is 1.38. The van der Waals surface area contributed by atoms with E-state index in [4.69, 9.17) is 0 Å². The van der Waals surface area contributed by atoms with E-state index in [0.717, 1.165) is 40.2 Å². The summed E-state index contributed by atoms with van der Waals surface area (Å²) in [5, 5.41) is 10.7. The molecule has 0 unspecified atom stereocenters. The zero-order chi connectivity index (χ0) is 20.7. The zero-order valence-corrected chi connectivity index (χ0v) is 16.8. The fourth-order valence-corrected chi connectivity index (χ4v) is 3.60. The summed E-state index contributed by atoms with van der Waals surface area (Å²) >= 11 is 0. The van der Waals surface area contributed by atoms with Crippen LogP contribution in [-0.4, -0.2) is 36.8 Å². The highest BCUT2D eigenvalue weighted by atomic mass is 16.1. The number of carbonyl (C=O) groups is 1. The quantitative estimate of drug-likeness (QED) is 0.551. The van der Waals surface area contributed by atoms with Gasteiger partial charge in [0.25, 0.3) is 5.91 Å². The molecule has 0 fully saturated rings. The molecule has 1 aliphatic heterocycles. The van der Waals surface area contributed by atoms with E-state index >= 15 is 0 Å². The number of nitrogens with zero attached hydrogens (tertiary/aromatic N) is 5. The van der Waals surface area contributed by atoms with Gasteiger partial charge in [0.1, 0.15) is 0 Å². The second kappa shape index (κ2) is 7.14. The monoisotopic (exact) mass is 399 g/mol. The summed E-state index contributed by atoms with van der Waals surface area (Å²) in [6.07, 6.45) is 4.61. The van der Waals surface area contributed by atoms with Crippen LogP contribution in [0.15, 0.2) is 55.0 Å². The van der Waals surface area contributed by atoms with Gasteiger partial charge in [0.05, 0.1) is 12.0 Å². The molecule has 0 aliphatic carbocycles. The lowest BCUT2D eigenvalue weighted by atomic mass is 10.00. The summed E-state index contributed by atoms with van der Waals surface area (Å²) in [4.78, 5) is 20.8. The Hall–Kier alpha value is -3.94. The van der Waals surface area contributed by atoms with Gasteiger partial charge in [-0.15, -0.1) is 5.10 Å². The molecule has 150 valence electrons. The molecule has 0 saturated carbocycles. The maximum Gasteiger partial charge on any atom is 0.251 e. The largest absolute Gasteiger partial charge is 0.352 e. The van der Waals surface area contributed by atoms with E-state index in [2.05, 4.69) is 25.7 Å². The van der Waals surface area contributed by atoms with E-state index in [1.54, 1.807) is 11.0 Å². The second-order valence-corrected chi connectivity index (χ2v) is 7.35. The molecule has 2 aromatic carbocycles. The highest BCUT2D eigenvalue weighted by Gasteiger charge is 2.17. The number of amides is 1. The minimum Gasteiger partial charge on any atom is -0.352 e. The van der Waals surface area contributed by atoms with Crippen molar-refractivity contribution in [3.63, 3.8) is 0 Å². The van der Waals surface area contributed by atoms with E-state index in [9.17, 15) is 4.79 Å². The number of aromatic nitrogens is 5. The van der Waals surface area contributed by atoms with Gasteiger partial charge in [-0.25, -0.2) is 9.67 Å². The minimum absolute atomic E-state index is 0.0157. The molecule has 8 heteroatoms. The van der Waals surface area contributed by atoms with Crippen LogP contribution in [0.5, 0.6) is 0 Å². The third-order valence-electron chi connectivity index (χ3n) is 5.18. The first-order valence-electron chi connectivity index (χ1n) is 9.77. The molecule has 0 spiro atoms. The van der Waals surface area contributed by atoms with Gasteiger partial charge < -0.3 is 15.2 Å². The summed E-state index contributed by atoms with van der Waals surface area (Å²) < 4.78 is 3.70. The fraction of sp³-hybridized carbons (Fsp3) is 0.182. The first-order chi connectivity index (χ1) is 14.6. The zero-order valence-electron chi connectivity index (χ0n) is 16.8. The Morgan fingerprint density at radius 3 is 2.73 bits per heavy atom. The van der Waals surface area contributed by atoms with Crippen LogP contribution in [-0.2, 0) is 13.5 Å². The number of anilines is 2. The molecule has 0 saturated heterocycles. The molecule has 2 N–H and O–H groups in total. The topological polar surface area (TPSA) is 89.7 Å². The molecule has 8 nitrogen and oxygen atoms in total. The SMILES string of the molecule is Cc1cn(-c2ccc(-c3nc(Nc4ccc5c(c4)CCNC5=O)n(C)n3)cc2)cn1. The van der Waals surface area contributed by atoms with E-state index in [0.29, 0.717) is 18.3 Å². The number of rotatable bonds is 4. The normalized spacial score (nSPS) is 13.1. The number of hydrogen-bond donors (Lipinski definition) is 2. The van der Waals surface area contributed by atoms with Crippen molar-refractivity contribution in [1.82, 2.24) is 29.6 Å². The number of hydrogen-bond acceptors (Lipinski definition) is 5. The summed E-state index contributed by atoms with van der Waals surface area (Å²) in [6, 6.07) is 13.8. The van der Waals surface area contributed by atoms with Crippen molar-refractivity contribution >= 4 is 17.5 Å². The van der Waals surface area contributed by atoms with Crippen molar-refractivity contribution in [2.75, 3.05) is 11.9 Å². The Labute approximate surface area is 173 Å². The molecule has 2 aromatic heterocycles. The summed E-state index contributed by atoms with van der Waals surface area (Å²) in [6.45, 7) is 2.63. The molecule has 30 heavy (non-hydrogen) atoms. The molecule has 3 heterocycles. The Kier molecular flexibility index (Phi) is 4.31. The third kappa shape index (κ3) is 3.32. The maximum absolute atomic E-state index is 11.9. The number of imidazole rings is 1. The number of aryl methyl sites for hydroxylation is 2. The molecule has 1 aliphatic rings. The van der Waals surface area contributed by atoms with Crippen molar-refractivity contribution < 1.29 is 4.79 Å². The van der Waals surface area contributed by atoms with Gasteiger partial charge in [0, 0.05) is 42.3 Å². The van der Waals surface area contributed by atoms with Gasteiger partial charge in [0.2, 0.25) is 5.95 Å². The van der Waals surface area contributed by atoms with E-state index in [-0.39, 0.29) is 5.91 Å². The minimum atomic E-state index is -0.0157. The van der Waals surface area contributed by atoms with Gasteiger partial charge in [0.15, 0.2) is 5.82 Å². The first kappa shape index (κ1) is 18.1. The summed E-state index contributed by atoms with van der Waals surface area (Å²) in [5.74, 6) is 1.27. The standard InChI is InChI=1S/C22H21N7O/c1-14-12-29(13-24-14)18-6-3-15(4-7-18)20-26-22(28(2)27-20)25-17-5-8-19-16(11-17)9-10-23-21(19)30/h3-8,11-13H,9-10H2,1-2H3,(H,23,30)(H,25,26,27). The summed E-state index contributed by atoms with van der Waals surface area (Å²) in [7, 11) is 1.85. The van der Waals surface area contributed by atoms with Crippen LogP contribution in [0.1, 0.15) is 21.6 Å².